The molecule has 0 N–H and O–H groups in total. The summed E-state index contributed by atoms with van der Waals surface area (Å²) < 4.78 is 25.9. The molecule has 7 nitrogen and oxygen atoms in total. The average Bonchev–Trinajstić information content (AvgIpc) is 3.17. The van der Waals surface area contributed by atoms with E-state index in [1.54, 1.807) is 29.1 Å². The van der Waals surface area contributed by atoms with Crippen molar-refractivity contribution in [1.82, 2.24) is 25.1 Å². The van der Waals surface area contributed by atoms with Crippen LogP contribution in [-0.4, -0.2) is 38.3 Å². The smallest absolute Gasteiger partial charge is 0.280 e. The van der Waals surface area contributed by atoms with Crippen LogP contribution in [0.3, 0.4) is 0 Å². The van der Waals surface area contributed by atoms with Gasteiger partial charge in [-0.1, -0.05) is 35.5 Å². The lowest BCUT2D eigenvalue weighted by Gasteiger charge is -2.37. The van der Waals surface area contributed by atoms with Crippen LogP contribution in [0.4, 0.5) is 4.39 Å². The largest absolute Gasteiger partial charge is 0.380 e. The molecule has 2 aromatic heterocycles. The molecular formula is C16H16FN5O2. The van der Waals surface area contributed by atoms with Gasteiger partial charge in [-0.3, -0.25) is 4.68 Å². The van der Waals surface area contributed by atoms with Crippen molar-refractivity contribution in [2.45, 2.75) is 19.9 Å². The van der Waals surface area contributed by atoms with Crippen LogP contribution in [0.25, 0.3) is 11.6 Å². The van der Waals surface area contributed by atoms with E-state index in [1.165, 1.54) is 6.07 Å². The Morgan fingerprint density at radius 2 is 2.12 bits per heavy atom. The average molecular weight is 329 g/mol. The zero-order valence-corrected chi connectivity index (χ0v) is 13.1. The summed E-state index contributed by atoms with van der Waals surface area (Å²) in [6, 6.07) is 6.53. The molecule has 0 atom stereocenters. The van der Waals surface area contributed by atoms with E-state index in [-0.39, 0.29) is 23.5 Å². The van der Waals surface area contributed by atoms with E-state index in [4.69, 9.17) is 9.26 Å². The van der Waals surface area contributed by atoms with E-state index in [1.807, 2.05) is 0 Å². The number of benzene rings is 1. The van der Waals surface area contributed by atoms with Crippen molar-refractivity contribution in [3.8, 4) is 11.6 Å². The molecule has 0 aliphatic carbocycles. The first-order valence-corrected chi connectivity index (χ1v) is 7.66. The Balaban J connectivity index is 1.49. The van der Waals surface area contributed by atoms with Gasteiger partial charge in [0.2, 0.25) is 0 Å². The minimum Gasteiger partial charge on any atom is -0.380 e. The van der Waals surface area contributed by atoms with Crippen LogP contribution >= 0.6 is 0 Å². The lowest BCUT2D eigenvalue weighted by molar-refractivity contribution is -0.111. The zero-order valence-electron chi connectivity index (χ0n) is 13.1. The van der Waals surface area contributed by atoms with Crippen LogP contribution in [0.1, 0.15) is 18.3 Å². The molecule has 8 heteroatoms. The van der Waals surface area contributed by atoms with Crippen LogP contribution < -0.4 is 0 Å². The highest BCUT2D eigenvalue weighted by Gasteiger charge is 2.34. The Morgan fingerprint density at radius 1 is 1.29 bits per heavy atom. The Labute approximate surface area is 137 Å². The molecule has 1 aromatic carbocycles. The number of halogens is 1. The van der Waals surface area contributed by atoms with Gasteiger partial charge in [-0.2, -0.15) is 4.98 Å². The van der Waals surface area contributed by atoms with Crippen molar-refractivity contribution in [3.63, 3.8) is 0 Å². The second kappa shape index (κ2) is 5.79. The molecular weight excluding hydrogens is 313 g/mol. The quantitative estimate of drug-likeness (QED) is 0.713. The summed E-state index contributed by atoms with van der Waals surface area (Å²) in [5, 5.41) is 12.0. The van der Waals surface area contributed by atoms with Crippen molar-refractivity contribution in [1.29, 1.82) is 0 Å². The molecule has 24 heavy (non-hydrogen) atoms. The number of nitrogens with zero attached hydrogens (tertiary/aromatic N) is 5. The normalized spacial score (nSPS) is 16.1. The molecule has 0 unspecified atom stereocenters. The summed E-state index contributed by atoms with van der Waals surface area (Å²) in [6.07, 6.45) is 2.03. The van der Waals surface area contributed by atoms with Gasteiger partial charge in [0.1, 0.15) is 5.82 Å². The lowest BCUT2D eigenvalue weighted by Crippen LogP contribution is -2.43. The van der Waals surface area contributed by atoms with Gasteiger partial charge in [0.15, 0.2) is 11.5 Å². The standard InChI is InChI=1S/C16H16FN5O2/c1-16(9-23-10-16)8-22-7-13(19-21-22)15-18-14(20-24-15)6-11-4-2-3-5-12(11)17/h2-5,7H,6,8-10H2,1H3. The molecule has 0 radical (unpaired) electrons. The van der Waals surface area contributed by atoms with Gasteiger partial charge < -0.3 is 9.26 Å². The molecule has 1 aliphatic rings. The fraction of sp³-hybridized carbons (Fsp3) is 0.375. The Morgan fingerprint density at radius 3 is 2.88 bits per heavy atom. The summed E-state index contributed by atoms with van der Waals surface area (Å²) in [7, 11) is 0. The van der Waals surface area contributed by atoms with E-state index >= 15 is 0 Å². The van der Waals surface area contributed by atoms with Crippen molar-refractivity contribution in [2.24, 2.45) is 5.41 Å². The van der Waals surface area contributed by atoms with Crippen molar-refractivity contribution >= 4 is 0 Å². The van der Waals surface area contributed by atoms with E-state index < -0.39 is 0 Å². The number of hydrogen-bond donors (Lipinski definition) is 0. The maximum Gasteiger partial charge on any atom is 0.280 e. The minimum absolute atomic E-state index is 0.0931. The van der Waals surface area contributed by atoms with Gasteiger partial charge in [0.25, 0.3) is 5.89 Å². The minimum atomic E-state index is -0.286. The molecule has 124 valence electrons. The topological polar surface area (TPSA) is 78.9 Å². The van der Waals surface area contributed by atoms with Crippen LogP contribution in [0.2, 0.25) is 0 Å². The lowest BCUT2D eigenvalue weighted by atomic mass is 9.89. The van der Waals surface area contributed by atoms with E-state index in [2.05, 4.69) is 27.4 Å². The molecule has 3 heterocycles. The van der Waals surface area contributed by atoms with Gasteiger partial charge in [-0.15, -0.1) is 5.10 Å². The third kappa shape index (κ3) is 2.92. The summed E-state index contributed by atoms with van der Waals surface area (Å²) in [4.78, 5) is 4.28. The Hall–Kier alpha value is -2.61. The van der Waals surface area contributed by atoms with Gasteiger partial charge in [0.05, 0.1) is 26.0 Å². The Kier molecular flexibility index (Phi) is 3.61. The van der Waals surface area contributed by atoms with E-state index in [0.717, 1.165) is 19.8 Å². The van der Waals surface area contributed by atoms with Crippen molar-refractivity contribution in [3.05, 3.63) is 47.7 Å². The summed E-state index contributed by atoms with van der Waals surface area (Å²) in [5.41, 5.74) is 1.12. The molecule has 0 saturated carbocycles. The zero-order chi connectivity index (χ0) is 16.6. The molecule has 0 bridgehead atoms. The first kappa shape index (κ1) is 14.9. The third-order valence-electron chi connectivity index (χ3n) is 3.98. The fourth-order valence-electron chi connectivity index (χ4n) is 2.65. The van der Waals surface area contributed by atoms with Gasteiger partial charge in [-0.25, -0.2) is 4.39 Å². The van der Waals surface area contributed by atoms with Crippen LogP contribution in [0.15, 0.2) is 35.0 Å². The maximum atomic E-state index is 13.7. The van der Waals surface area contributed by atoms with Crippen LogP contribution in [0, 0.1) is 11.2 Å². The Bertz CT molecular complexity index is 856. The number of ether oxygens (including phenoxy) is 1. The molecule has 0 amide bonds. The number of aromatic nitrogens is 5. The second-order valence-electron chi connectivity index (χ2n) is 6.39. The summed E-state index contributed by atoms with van der Waals surface area (Å²) >= 11 is 0. The highest BCUT2D eigenvalue weighted by molar-refractivity contribution is 5.43. The highest BCUT2D eigenvalue weighted by Crippen LogP contribution is 2.28. The fourth-order valence-corrected chi connectivity index (χ4v) is 2.65. The SMILES string of the molecule is CC1(Cn2cc(-c3nc(Cc4ccccc4F)no3)nn2)COC1. The monoisotopic (exact) mass is 329 g/mol. The van der Waals surface area contributed by atoms with Crippen molar-refractivity contribution in [2.75, 3.05) is 13.2 Å². The predicted molar refractivity (Wildman–Crippen MR) is 81.4 cm³/mol. The molecule has 1 saturated heterocycles. The third-order valence-corrected chi connectivity index (χ3v) is 3.98. The molecule has 1 fully saturated rings. The summed E-state index contributed by atoms with van der Waals surface area (Å²) in [6.45, 7) is 4.29. The number of hydrogen-bond acceptors (Lipinski definition) is 6. The van der Waals surface area contributed by atoms with Gasteiger partial charge >= 0.3 is 0 Å². The van der Waals surface area contributed by atoms with E-state index in [9.17, 15) is 4.39 Å². The second-order valence-corrected chi connectivity index (χ2v) is 6.39. The molecule has 3 aromatic rings. The first-order chi connectivity index (χ1) is 11.6. The van der Waals surface area contributed by atoms with Crippen molar-refractivity contribution < 1.29 is 13.7 Å². The number of rotatable bonds is 5. The van der Waals surface area contributed by atoms with Gasteiger partial charge in [0, 0.05) is 11.8 Å². The maximum absolute atomic E-state index is 13.7. The molecule has 1 aliphatic heterocycles. The summed E-state index contributed by atoms with van der Waals surface area (Å²) in [5.74, 6) is 0.400. The van der Waals surface area contributed by atoms with E-state index in [0.29, 0.717) is 17.1 Å². The molecule has 0 spiro atoms. The van der Waals surface area contributed by atoms with Crippen LogP contribution in [-0.2, 0) is 17.7 Å². The first-order valence-electron chi connectivity index (χ1n) is 7.66. The van der Waals surface area contributed by atoms with Crippen LogP contribution in [0.5, 0.6) is 0 Å². The van der Waals surface area contributed by atoms with Gasteiger partial charge in [-0.05, 0) is 11.6 Å². The predicted octanol–water partition coefficient (Wildman–Crippen LogP) is 2.09. The highest BCUT2D eigenvalue weighted by atomic mass is 19.1. The molecule has 4 rings (SSSR count).